The minimum atomic E-state index is -0.525. The van der Waals surface area contributed by atoms with Crippen LogP contribution in [0.5, 0.6) is 0 Å². The number of anilines is 2. The molecule has 0 atom stereocenters. The number of rotatable bonds is 3. The maximum atomic E-state index is 11.3. The van der Waals surface area contributed by atoms with Crippen LogP contribution in [0.15, 0.2) is 18.5 Å². The minimum Gasteiger partial charge on any atom is -0.464 e. The molecule has 7 heteroatoms. The van der Waals surface area contributed by atoms with Gasteiger partial charge in [0.1, 0.15) is 0 Å². The lowest BCUT2D eigenvalue weighted by Gasteiger charge is -2.03. The third-order valence-corrected chi connectivity index (χ3v) is 2.40. The predicted octanol–water partition coefficient (Wildman–Crippen LogP) is 1.05. The quantitative estimate of drug-likeness (QED) is 0.816. The average molecular weight is 247 g/mol. The third-order valence-electron chi connectivity index (χ3n) is 2.40. The first kappa shape index (κ1) is 12.0. The molecule has 0 aliphatic heterocycles. The van der Waals surface area contributed by atoms with Gasteiger partial charge in [-0.15, -0.1) is 0 Å². The second-order valence-corrected chi connectivity index (χ2v) is 3.70. The number of nitrogens with one attached hydrogen (secondary N) is 1. The van der Waals surface area contributed by atoms with E-state index in [0.717, 1.165) is 5.69 Å². The van der Waals surface area contributed by atoms with Gasteiger partial charge in [0.25, 0.3) is 0 Å². The van der Waals surface area contributed by atoms with Crippen LogP contribution in [0.25, 0.3) is 0 Å². The number of esters is 1. The van der Waals surface area contributed by atoms with Gasteiger partial charge >= 0.3 is 5.97 Å². The predicted molar refractivity (Wildman–Crippen MR) is 64.6 cm³/mol. The molecule has 0 aliphatic carbocycles. The highest BCUT2D eigenvalue weighted by atomic mass is 16.5. The summed E-state index contributed by atoms with van der Waals surface area (Å²) in [5.41, 5.74) is 1.16. The number of methoxy groups -OCH3 is 1. The lowest BCUT2D eigenvalue weighted by molar-refractivity contribution is 0.0593. The van der Waals surface area contributed by atoms with Gasteiger partial charge in [0.05, 0.1) is 19.5 Å². The molecule has 1 N–H and O–H groups in total. The van der Waals surface area contributed by atoms with E-state index in [9.17, 15) is 4.79 Å². The summed E-state index contributed by atoms with van der Waals surface area (Å²) < 4.78 is 6.31. The monoisotopic (exact) mass is 247 g/mol. The Morgan fingerprint density at radius 3 is 2.78 bits per heavy atom. The van der Waals surface area contributed by atoms with Crippen LogP contribution in [0.2, 0.25) is 0 Å². The summed E-state index contributed by atoms with van der Waals surface area (Å²) >= 11 is 0. The Hall–Kier alpha value is -2.44. The molecule has 0 fully saturated rings. The van der Waals surface area contributed by atoms with Crippen LogP contribution in [-0.4, -0.2) is 32.8 Å². The number of ether oxygens (including phenoxy) is 1. The topological polar surface area (TPSA) is 81.9 Å². The summed E-state index contributed by atoms with van der Waals surface area (Å²) in [6.07, 6.45) is 2.86. The van der Waals surface area contributed by atoms with Crippen LogP contribution in [-0.2, 0) is 11.8 Å². The Morgan fingerprint density at radius 1 is 1.39 bits per heavy atom. The zero-order valence-corrected chi connectivity index (χ0v) is 10.3. The SMILES string of the molecule is COC(=O)c1cncc(Nc2cc(C)n(C)n2)n1. The Morgan fingerprint density at radius 2 is 2.17 bits per heavy atom. The minimum absolute atomic E-state index is 0.148. The molecule has 0 spiro atoms. The third kappa shape index (κ3) is 2.45. The van der Waals surface area contributed by atoms with Crippen molar-refractivity contribution in [3.63, 3.8) is 0 Å². The van der Waals surface area contributed by atoms with E-state index in [1.54, 1.807) is 4.68 Å². The van der Waals surface area contributed by atoms with Crippen molar-refractivity contribution < 1.29 is 9.53 Å². The van der Waals surface area contributed by atoms with Crippen molar-refractivity contribution in [3.05, 3.63) is 29.8 Å². The molecule has 0 bridgehead atoms. The molecule has 0 aromatic carbocycles. The molecule has 7 nitrogen and oxygen atoms in total. The molecular formula is C11H13N5O2. The molecule has 2 aromatic rings. The fourth-order valence-corrected chi connectivity index (χ4v) is 1.38. The molecule has 94 valence electrons. The van der Waals surface area contributed by atoms with Crippen LogP contribution in [0.3, 0.4) is 0 Å². The van der Waals surface area contributed by atoms with Gasteiger partial charge in [0.15, 0.2) is 17.3 Å². The molecule has 0 radical (unpaired) electrons. The van der Waals surface area contributed by atoms with Gasteiger partial charge in [0.2, 0.25) is 0 Å². The van der Waals surface area contributed by atoms with Gasteiger partial charge in [-0.05, 0) is 6.92 Å². The van der Waals surface area contributed by atoms with E-state index in [2.05, 4.69) is 25.1 Å². The number of hydrogen-bond acceptors (Lipinski definition) is 6. The zero-order valence-electron chi connectivity index (χ0n) is 10.3. The Labute approximate surface area is 104 Å². The summed E-state index contributed by atoms with van der Waals surface area (Å²) in [5, 5.41) is 7.19. The first-order valence-electron chi connectivity index (χ1n) is 5.28. The summed E-state index contributed by atoms with van der Waals surface area (Å²) in [5.74, 6) is 0.561. The lowest BCUT2D eigenvalue weighted by Crippen LogP contribution is -2.07. The van der Waals surface area contributed by atoms with Crippen LogP contribution in [0, 0.1) is 6.92 Å². The van der Waals surface area contributed by atoms with Gasteiger partial charge in [-0.3, -0.25) is 9.67 Å². The van der Waals surface area contributed by atoms with E-state index >= 15 is 0 Å². The summed E-state index contributed by atoms with van der Waals surface area (Å²) in [4.78, 5) is 19.3. The van der Waals surface area contributed by atoms with Crippen LogP contribution < -0.4 is 5.32 Å². The molecule has 2 aromatic heterocycles. The van der Waals surface area contributed by atoms with E-state index in [-0.39, 0.29) is 5.69 Å². The van der Waals surface area contributed by atoms with E-state index in [0.29, 0.717) is 11.6 Å². The second-order valence-electron chi connectivity index (χ2n) is 3.70. The van der Waals surface area contributed by atoms with Gasteiger partial charge in [-0.25, -0.2) is 9.78 Å². The van der Waals surface area contributed by atoms with E-state index in [4.69, 9.17) is 0 Å². The van der Waals surface area contributed by atoms with Crippen molar-refractivity contribution in [2.24, 2.45) is 7.05 Å². The first-order valence-corrected chi connectivity index (χ1v) is 5.28. The molecule has 0 saturated carbocycles. The Balaban J connectivity index is 2.21. The molecule has 18 heavy (non-hydrogen) atoms. The zero-order chi connectivity index (χ0) is 13.1. The molecule has 0 saturated heterocycles. The number of carbonyl (C=O) groups is 1. The van der Waals surface area contributed by atoms with Gasteiger partial charge in [-0.2, -0.15) is 5.10 Å². The van der Waals surface area contributed by atoms with Crippen molar-refractivity contribution in [1.29, 1.82) is 0 Å². The highest BCUT2D eigenvalue weighted by Crippen LogP contribution is 2.13. The summed E-state index contributed by atoms with van der Waals surface area (Å²) in [6.45, 7) is 1.94. The molecule has 2 rings (SSSR count). The van der Waals surface area contributed by atoms with Gasteiger partial charge in [-0.1, -0.05) is 0 Å². The smallest absolute Gasteiger partial charge is 0.358 e. The van der Waals surface area contributed by atoms with Crippen molar-refractivity contribution in [3.8, 4) is 0 Å². The second kappa shape index (κ2) is 4.82. The van der Waals surface area contributed by atoms with Crippen LogP contribution in [0.4, 0.5) is 11.6 Å². The van der Waals surface area contributed by atoms with Crippen LogP contribution in [0.1, 0.15) is 16.2 Å². The average Bonchev–Trinajstić information content (AvgIpc) is 2.67. The number of aromatic nitrogens is 4. The fourth-order valence-electron chi connectivity index (χ4n) is 1.38. The van der Waals surface area contributed by atoms with Crippen molar-refractivity contribution in [2.45, 2.75) is 6.92 Å². The molecule has 2 heterocycles. The van der Waals surface area contributed by atoms with Crippen molar-refractivity contribution in [1.82, 2.24) is 19.7 Å². The summed E-state index contributed by atoms with van der Waals surface area (Å²) in [6, 6.07) is 1.87. The van der Waals surface area contributed by atoms with Gasteiger partial charge < -0.3 is 10.1 Å². The number of hydrogen-bond donors (Lipinski definition) is 1. The van der Waals surface area contributed by atoms with E-state index < -0.39 is 5.97 Å². The van der Waals surface area contributed by atoms with Gasteiger partial charge in [0, 0.05) is 18.8 Å². The Bertz CT molecular complexity index is 559. The molecule has 0 unspecified atom stereocenters. The number of nitrogens with zero attached hydrogens (tertiary/aromatic N) is 4. The largest absolute Gasteiger partial charge is 0.464 e. The van der Waals surface area contributed by atoms with E-state index in [1.165, 1.54) is 19.5 Å². The summed E-state index contributed by atoms with van der Waals surface area (Å²) in [7, 11) is 3.14. The maximum Gasteiger partial charge on any atom is 0.358 e. The highest BCUT2D eigenvalue weighted by Gasteiger charge is 2.09. The van der Waals surface area contributed by atoms with Crippen molar-refractivity contribution >= 4 is 17.6 Å². The van der Waals surface area contributed by atoms with E-state index in [1.807, 2.05) is 20.0 Å². The normalized spacial score (nSPS) is 10.2. The molecular weight excluding hydrogens is 234 g/mol. The van der Waals surface area contributed by atoms with Crippen molar-refractivity contribution in [2.75, 3.05) is 12.4 Å². The highest BCUT2D eigenvalue weighted by molar-refractivity contribution is 5.87. The molecule has 0 aliphatic rings. The standard InChI is InChI=1S/C11H13N5O2/c1-7-4-9(15-16(7)2)14-10-6-12-5-8(13-10)11(17)18-3/h4-6H,1-3H3,(H,13,14,15). The maximum absolute atomic E-state index is 11.3. The fraction of sp³-hybridized carbons (Fsp3) is 0.273. The number of carbonyl (C=O) groups excluding carboxylic acids is 1. The first-order chi connectivity index (χ1) is 8.60. The molecule has 0 amide bonds. The lowest BCUT2D eigenvalue weighted by atomic mass is 10.4. The number of aryl methyl sites for hydroxylation is 2. The Kier molecular flexibility index (Phi) is 3.22. The van der Waals surface area contributed by atoms with Crippen LogP contribution >= 0.6 is 0 Å².